The molecule has 3 rings (SSSR count). The molecule has 0 aliphatic carbocycles. The lowest BCUT2D eigenvalue weighted by atomic mass is 9.89. The van der Waals surface area contributed by atoms with Crippen molar-refractivity contribution in [1.29, 1.82) is 0 Å². The zero-order chi connectivity index (χ0) is 19.8. The molecule has 2 bridgehead atoms. The van der Waals surface area contributed by atoms with Crippen LogP contribution in [0.3, 0.4) is 0 Å². The topological polar surface area (TPSA) is 76.1 Å². The molecular formula is C21H27NO5. The molecule has 0 radical (unpaired) electrons. The predicted molar refractivity (Wildman–Crippen MR) is 102 cm³/mol. The normalized spacial score (nSPS) is 22.4. The van der Waals surface area contributed by atoms with Crippen molar-refractivity contribution in [3.05, 3.63) is 35.4 Å². The summed E-state index contributed by atoms with van der Waals surface area (Å²) in [4.78, 5) is 26.5. The van der Waals surface area contributed by atoms with Crippen LogP contribution in [0.15, 0.2) is 29.8 Å². The van der Waals surface area contributed by atoms with Gasteiger partial charge in [-0.25, -0.2) is 9.59 Å². The summed E-state index contributed by atoms with van der Waals surface area (Å²) in [5.74, 6) is -0.195. The standard InChI is InChI=1S/C21H27NO5/c1-21(2,3)27-20(25)22-14-7-8-15(22)12-18(19(23)24)17(11-14)13-5-9-16(26-4)10-6-13/h5-6,9-10,14-15H,7-8,11-12H2,1-4H3,(H,23,24). The fraction of sp³-hybridized carbons (Fsp3) is 0.524. The van der Waals surface area contributed by atoms with E-state index in [1.807, 2.05) is 45.0 Å². The minimum atomic E-state index is -0.919. The monoisotopic (exact) mass is 373 g/mol. The van der Waals surface area contributed by atoms with Crippen LogP contribution in [0.5, 0.6) is 5.75 Å². The maximum absolute atomic E-state index is 12.8. The lowest BCUT2D eigenvalue weighted by molar-refractivity contribution is -0.132. The molecule has 2 aliphatic rings. The van der Waals surface area contributed by atoms with E-state index in [-0.39, 0.29) is 18.2 Å². The maximum atomic E-state index is 12.8. The lowest BCUT2D eigenvalue weighted by Gasteiger charge is -2.31. The number of benzene rings is 1. The predicted octanol–water partition coefficient (Wildman–Crippen LogP) is 4.10. The van der Waals surface area contributed by atoms with Gasteiger partial charge in [-0.3, -0.25) is 0 Å². The molecule has 2 heterocycles. The highest BCUT2D eigenvalue weighted by Crippen LogP contribution is 2.41. The highest BCUT2D eigenvalue weighted by molar-refractivity contribution is 5.97. The van der Waals surface area contributed by atoms with E-state index in [1.165, 1.54) is 0 Å². The minimum absolute atomic E-state index is 0.0428. The Bertz CT molecular complexity index is 760. The van der Waals surface area contributed by atoms with Crippen LogP contribution in [0.1, 0.15) is 52.0 Å². The second kappa shape index (κ2) is 7.25. The number of carboxylic acids is 1. The molecule has 27 heavy (non-hydrogen) atoms. The number of fused-ring (bicyclic) bond motifs is 2. The number of carbonyl (C=O) groups is 2. The molecule has 2 aliphatic heterocycles. The van der Waals surface area contributed by atoms with Gasteiger partial charge in [-0.1, -0.05) is 12.1 Å². The second-order valence-electron chi connectivity index (χ2n) is 8.17. The van der Waals surface area contributed by atoms with Crippen molar-refractivity contribution in [3.63, 3.8) is 0 Å². The summed E-state index contributed by atoms with van der Waals surface area (Å²) >= 11 is 0. The van der Waals surface area contributed by atoms with Crippen LogP contribution < -0.4 is 4.74 Å². The third-order valence-electron chi connectivity index (χ3n) is 5.16. The highest BCUT2D eigenvalue weighted by atomic mass is 16.6. The summed E-state index contributed by atoms with van der Waals surface area (Å²) < 4.78 is 10.8. The van der Waals surface area contributed by atoms with Gasteiger partial charge in [0.1, 0.15) is 11.4 Å². The number of amides is 1. The molecule has 6 heteroatoms. The van der Waals surface area contributed by atoms with E-state index in [1.54, 1.807) is 12.0 Å². The maximum Gasteiger partial charge on any atom is 0.410 e. The van der Waals surface area contributed by atoms with Gasteiger partial charge >= 0.3 is 12.1 Å². The first-order valence-electron chi connectivity index (χ1n) is 9.30. The van der Waals surface area contributed by atoms with Crippen LogP contribution in [0, 0.1) is 0 Å². The summed E-state index contributed by atoms with van der Waals surface area (Å²) in [6, 6.07) is 7.25. The van der Waals surface area contributed by atoms with Crippen LogP contribution in [-0.2, 0) is 9.53 Å². The lowest BCUT2D eigenvalue weighted by Crippen LogP contribution is -2.43. The molecule has 0 saturated carbocycles. The van der Waals surface area contributed by atoms with Gasteiger partial charge in [0.2, 0.25) is 0 Å². The zero-order valence-corrected chi connectivity index (χ0v) is 16.3. The van der Waals surface area contributed by atoms with Gasteiger partial charge in [-0.15, -0.1) is 0 Å². The average molecular weight is 373 g/mol. The number of rotatable bonds is 3. The molecule has 1 fully saturated rings. The Morgan fingerprint density at radius 3 is 2.19 bits per heavy atom. The van der Waals surface area contributed by atoms with E-state index in [2.05, 4.69) is 0 Å². The first kappa shape index (κ1) is 19.3. The molecule has 1 N–H and O–H groups in total. The first-order valence-corrected chi connectivity index (χ1v) is 9.30. The molecule has 1 aromatic rings. The largest absolute Gasteiger partial charge is 0.497 e. The molecule has 146 valence electrons. The third kappa shape index (κ3) is 4.10. The summed E-state index contributed by atoms with van der Waals surface area (Å²) in [6.07, 6.45) is 2.17. The summed E-state index contributed by atoms with van der Waals surface area (Å²) in [5, 5.41) is 9.82. The number of nitrogens with zero attached hydrogens (tertiary/aromatic N) is 1. The van der Waals surface area contributed by atoms with Crippen molar-refractivity contribution in [3.8, 4) is 5.75 Å². The van der Waals surface area contributed by atoms with Crippen LogP contribution >= 0.6 is 0 Å². The van der Waals surface area contributed by atoms with Gasteiger partial charge in [0.15, 0.2) is 0 Å². The number of aliphatic carboxylic acids is 1. The smallest absolute Gasteiger partial charge is 0.410 e. The summed E-state index contributed by atoms with van der Waals surface area (Å²) in [6.45, 7) is 5.52. The Balaban J connectivity index is 1.94. The number of carbonyl (C=O) groups excluding carboxylic acids is 1. The van der Waals surface area contributed by atoms with Crippen LogP contribution in [0.4, 0.5) is 4.79 Å². The molecule has 2 unspecified atom stereocenters. The number of hydrogen-bond acceptors (Lipinski definition) is 4. The van der Waals surface area contributed by atoms with Gasteiger partial charge < -0.3 is 19.5 Å². The number of hydrogen-bond donors (Lipinski definition) is 1. The molecule has 6 nitrogen and oxygen atoms in total. The van der Waals surface area contributed by atoms with Crippen molar-refractivity contribution >= 4 is 17.6 Å². The molecule has 1 aromatic carbocycles. The number of methoxy groups -OCH3 is 1. The van der Waals surface area contributed by atoms with Gasteiger partial charge in [0.25, 0.3) is 0 Å². The van der Waals surface area contributed by atoms with Crippen LogP contribution in [0.2, 0.25) is 0 Å². The second-order valence-corrected chi connectivity index (χ2v) is 8.17. The van der Waals surface area contributed by atoms with Crippen molar-refractivity contribution in [2.45, 2.75) is 64.1 Å². The third-order valence-corrected chi connectivity index (χ3v) is 5.16. The molecule has 1 amide bonds. The SMILES string of the molecule is COc1ccc(C2=C(C(=O)O)CC3CCC(C2)N3C(=O)OC(C)(C)C)cc1. The van der Waals surface area contributed by atoms with E-state index in [4.69, 9.17) is 9.47 Å². The Morgan fingerprint density at radius 2 is 1.67 bits per heavy atom. The van der Waals surface area contributed by atoms with E-state index >= 15 is 0 Å². The number of carboxylic acid groups (broad SMARTS) is 1. The first-order chi connectivity index (χ1) is 12.7. The van der Waals surface area contributed by atoms with Crippen LogP contribution in [0.25, 0.3) is 5.57 Å². The van der Waals surface area contributed by atoms with Crippen molar-refractivity contribution < 1.29 is 24.2 Å². The number of ether oxygens (including phenoxy) is 2. The molecule has 0 spiro atoms. The van der Waals surface area contributed by atoms with Crippen molar-refractivity contribution in [2.75, 3.05) is 7.11 Å². The van der Waals surface area contributed by atoms with Crippen LogP contribution in [-0.4, -0.2) is 46.9 Å². The summed E-state index contributed by atoms with van der Waals surface area (Å²) in [5.41, 5.74) is 1.47. The molecule has 2 atom stereocenters. The fourth-order valence-electron chi connectivity index (χ4n) is 3.99. The van der Waals surface area contributed by atoms with E-state index in [9.17, 15) is 14.7 Å². The minimum Gasteiger partial charge on any atom is -0.497 e. The highest BCUT2D eigenvalue weighted by Gasteiger charge is 2.43. The Morgan fingerprint density at radius 1 is 1.07 bits per heavy atom. The van der Waals surface area contributed by atoms with Gasteiger partial charge in [-0.05, 0) is 63.3 Å². The fourth-order valence-corrected chi connectivity index (χ4v) is 3.99. The van der Waals surface area contributed by atoms with Gasteiger partial charge in [-0.2, -0.15) is 0 Å². The summed E-state index contributed by atoms with van der Waals surface area (Å²) in [7, 11) is 1.60. The van der Waals surface area contributed by atoms with Gasteiger partial charge in [0, 0.05) is 24.1 Å². The van der Waals surface area contributed by atoms with E-state index < -0.39 is 11.6 Å². The Hall–Kier alpha value is -2.50. The molecule has 0 aromatic heterocycles. The molecular weight excluding hydrogens is 346 g/mol. The van der Waals surface area contributed by atoms with Gasteiger partial charge in [0.05, 0.1) is 7.11 Å². The van der Waals surface area contributed by atoms with E-state index in [0.29, 0.717) is 18.4 Å². The molecule has 1 saturated heterocycles. The van der Waals surface area contributed by atoms with E-state index in [0.717, 1.165) is 29.7 Å². The van der Waals surface area contributed by atoms with Crippen molar-refractivity contribution in [1.82, 2.24) is 4.90 Å². The average Bonchev–Trinajstić information content (AvgIpc) is 2.88. The quantitative estimate of drug-likeness (QED) is 0.863. The van der Waals surface area contributed by atoms with Crippen molar-refractivity contribution in [2.24, 2.45) is 0 Å². The Labute approximate surface area is 159 Å². The zero-order valence-electron chi connectivity index (χ0n) is 16.3. The Kier molecular flexibility index (Phi) is 5.18.